The lowest BCUT2D eigenvalue weighted by Gasteiger charge is -2.23. The van der Waals surface area contributed by atoms with Gasteiger partial charge in [-0.1, -0.05) is 28.1 Å². The van der Waals surface area contributed by atoms with E-state index < -0.39 is 0 Å². The minimum absolute atomic E-state index is 0.00296. The Kier molecular flexibility index (Phi) is 2.70. The molecule has 0 spiro atoms. The van der Waals surface area contributed by atoms with Crippen molar-refractivity contribution < 1.29 is 4.79 Å². The molecule has 0 amide bonds. The Morgan fingerprint density at radius 3 is 3.00 bits per heavy atom. The Bertz CT molecular complexity index is 376. The minimum Gasteiger partial charge on any atom is -0.310 e. The van der Waals surface area contributed by atoms with Crippen LogP contribution in [0.3, 0.4) is 0 Å². The molecule has 0 heterocycles. The Hall–Kier alpha value is -0.670. The number of nitrogens with one attached hydrogen (secondary N) is 1. The molecule has 0 aliphatic heterocycles. The van der Waals surface area contributed by atoms with Gasteiger partial charge in [0.25, 0.3) is 0 Å². The van der Waals surface area contributed by atoms with Crippen LogP contribution in [0.1, 0.15) is 22.3 Å². The van der Waals surface area contributed by atoms with Crippen LogP contribution in [0.5, 0.6) is 0 Å². The van der Waals surface area contributed by atoms with Crippen molar-refractivity contribution in [2.75, 3.05) is 7.05 Å². The SMILES string of the molecule is CNC1CCc2c(Br)cccc2C1=O. The molecular weight excluding hydrogens is 242 g/mol. The van der Waals surface area contributed by atoms with Gasteiger partial charge in [0, 0.05) is 10.0 Å². The van der Waals surface area contributed by atoms with Gasteiger partial charge in [-0.15, -0.1) is 0 Å². The van der Waals surface area contributed by atoms with Crippen molar-refractivity contribution in [3.8, 4) is 0 Å². The summed E-state index contributed by atoms with van der Waals surface area (Å²) in [5.41, 5.74) is 2.02. The van der Waals surface area contributed by atoms with E-state index in [-0.39, 0.29) is 11.8 Å². The highest BCUT2D eigenvalue weighted by atomic mass is 79.9. The average Bonchev–Trinajstić information content (AvgIpc) is 2.20. The number of likely N-dealkylation sites (N-methyl/N-ethyl adjacent to an activating group) is 1. The number of hydrogen-bond acceptors (Lipinski definition) is 2. The maximum Gasteiger partial charge on any atom is 0.180 e. The Morgan fingerprint density at radius 2 is 2.29 bits per heavy atom. The van der Waals surface area contributed by atoms with E-state index in [1.165, 1.54) is 0 Å². The van der Waals surface area contributed by atoms with Crippen LogP contribution < -0.4 is 5.32 Å². The van der Waals surface area contributed by atoms with Gasteiger partial charge < -0.3 is 5.32 Å². The fourth-order valence-corrected chi connectivity index (χ4v) is 2.49. The highest BCUT2D eigenvalue weighted by Gasteiger charge is 2.26. The number of rotatable bonds is 1. The summed E-state index contributed by atoms with van der Waals surface area (Å²) >= 11 is 3.48. The summed E-state index contributed by atoms with van der Waals surface area (Å²) in [5.74, 6) is 0.218. The molecule has 0 radical (unpaired) electrons. The molecule has 74 valence electrons. The number of halogens is 1. The molecule has 1 atom stereocenters. The lowest BCUT2D eigenvalue weighted by Crippen LogP contribution is -2.38. The summed E-state index contributed by atoms with van der Waals surface area (Å²) in [6.07, 6.45) is 1.86. The molecule has 1 unspecified atom stereocenters. The van der Waals surface area contributed by atoms with E-state index in [4.69, 9.17) is 0 Å². The summed E-state index contributed by atoms with van der Waals surface area (Å²) in [4.78, 5) is 11.9. The molecule has 0 bridgehead atoms. The van der Waals surface area contributed by atoms with Crippen LogP contribution in [-0.4, -0.2) is 18.9 Å². The zero-order valence-electron chi connectivity index (χ0n) is 8.01. The van der Waals surface area contributed by atoms with Crippen LogP contribution in [0, 0.1) is 0 Å². The fourth-order valence-electron chi connectivity index (χ4n) is 1.93. The highest BCUT2D eigenvalue weighted by Crippen LogP contribution is 2.27. The van der Waals surface area contributed by atoms with E-state index in [9.17, 15) is 4.79 Å². The fraction of sp³-hybridized carbons (Fsp3) is 0.364. The Labute approximate surface area is 91.8 Å². The average molecular weight is 254 g/mol. The lowest BCUT2D eigenvalue weighted by molar-refractivity contribution is 0.0932. The molecule has 0 fully saturated rings. The van der Waals surface area contributed by atoms with E-state index in [0.717, 1.165) is 28.4 Å². The van der Waals surface area contributed by atoms with Gasteiger partial charge in [-0.2, -0.15) is 0 Å². The zero-order valence-corrected chi connectivity index (χ0v) is 9.60. The van der Waals surface area contributed by atoms with Crippen molar-refractivity contribution in [2.45, 2.75) is 18.9 Å². The topological polar surface area (TPSA) is 29.1 Å². The van der Waals surface area contributed by atoms with Gasteiger partial charge in [0.15, 0.2) is 5.78 Å². The standard InChI is InChI=1S/C11H12BrNO/c1-13-10-6-5-7-8(11(10)14)3-2-4-9(7)12/h2-4,10,13H,5-6H2,1H3. The van der Waals surface area contributed by atoms with Crippen molar-refractivity contribution in [1.82, 2.24) is 5.32 Å². The van der Waals surface area contributed by atoms with Gasteiger partial charge in [0.2, 0.25) is 0 Å². The van der Waals surface area contributed by atoms with Crippen molar-refractivity contribution in [2.24, 2.45) is 0 Å². The van der Waals surface area contributed by atoms with Crippen LogP contribution in [0.4, 0.5) is 0 Å². The zero-order chi connectivity index (χ0) is 10.1. The van der Waals surface area contributed by atoms with Crippen LogP contribution >= 0.6 is 15.9 Å². The molecule has 3 heteroatoms. The molecule has 2 nitrogen and oxygen atoms in total. The number of benzene rings is 1. The molecule has 0 saturated carbocycles. The monoisotopic (exact) mass is 253 g/mol. The van der Waals surface area contributed by atoms with Gasteiger partial charge in [-0.25, -0.2) is 0 Å². The largest absolute Gasteiger partial charge is 0.310 e. The van der Waals surface area contributed by atoms with Crippen molar-refractivity contribution >= 4 is 21.7 Å². The predicted octanol–water partition coefficient (Wildman–Crippen LogP) is 2.17. The van der Waals surface area contributed by atoms with Gasteiger partial charge in [0.1, 0.15) is 0 Å². The number of fused-ring (bicyclic) bond motifs is 1. The smallest absolute Gasteiger partial charge is 0.180 e. The number of hydrogen-bond donors (Lipinski definition) is 1. The van der Waals surface area contributed by atoms with E-state index in [0.29, 0.717) is 0 Å². The second-order valence-electron chi connectivity index (χ2n) is 3.51. The summed E-state index contributed by atoms with van der Waals surface area (Å²) in [7, 11) is 1.84. The van der Waals surface area contributed by atoms with E-state index in [1.807, 2.05) is 25.2 Å². The second-order valence-corrected chi connectivity index (χ2v) is 4.36. The first-order valence-electron chi connectivity index (χ1n) is 4.73. The first-order valence-corrected chi connectivity index (χ1v) is 5.52. The quantitative estimate of drug-likeness (QED) is 0.832. The number of ketones is 1. The lowest BCUT2D eigenvalue weighted by atomic mass is 9.87. The number of carbonyl (C=O) groups is 1. The summed E-state index contributed by atoms with van der Waals surface area (Å²) < 4.78 is 1.05. The number of carbonyl (C=O) groups excluding carboxylic acids is 1. The molecule has 1 aliphatic carbocycles. The summed E-state index contributed by atoms with van der Waals surface area (Å²) in [5, 5.41) is 3.05. The van der Waals surface area contributed by atoms with Crippen LogP contribution in [-0.2, 0) is 6.42 Å². The predicted molar refractivity (Wildman–Crippen MR) is 59.6 cm³/mol. The van der Waals surface area contributed by atoms with Gasteiger partial charge in [-0.3, -0.25) is 4.79 Å². The summed E-state index contributed by atoms with van der Waals surface area (Å²) in [6.45, 7) is 0. The van der Waals surface area contributed by atoms with Crippen LogP contribution in [0.2, 0.25) is 0 Å². The van der Waals surface area contributed by atoms with E-state index in [1.54, 1.807) is 0 Å². The highest BCUT2D eigenvalue weighted by molar-refractivity contribution is 9.10. The van der Waals surface area contributed by atoms with Gasteiger partial charge in [0.05, 0.1) is 6.04 Å². The third-order valence-corrected chi connectivity index (χ3v) is 3.48. The molecule has 1 aliphatic rings. The normalized spacial score (nSPS) is 20.7. The molecule has 2 rings (SSSR count). The van der Waals surface area contributed by atoms with Crippen molar-refractivity contribution in [3.05, 3.63) is 33.8 Å². The number of Topliss-reactive ketones (excluding diaryl/α,β-unsaturated/α-hetero) is 1. The van der Waals surface area contributed by atoms with Gasteiger partial charge in [-0.05, 0) is 31.5 Å². The first-order chi connectivity index (χ1) is 6.74. The molecule has 1 aromatic carbocycles. The Morgan fingerprint density at radius 1 is 1.50 bits per heavy atom. The van der Waals surface area contributed by atoms with E-state index in [2.05, 4.69) is 21.2 Å². The first kappa shape index (κ1) is 9.87. The van der Waals surface area contributed by atoms with Crippen molar-refractivity contribution in [3.63, 3.8) is 0 Å². The van der Waals surface area contributed by atoms with Crippen molar-refractivity contribution in [1.29, 1.82) is 0 Å². The maximum atomic E-state index is 11.9. The Balaban J connectivity index is 2.46. The molecule has 0 saturated heterocycles. The molecule has 0 aromatic heterocycles. The minimum atomic E-state index is -0.00296. The molecule has 14 heavy (non-hydrogen) atoms. The second kappa shape index (κ2) is 3.83. The molecule has 1 aromatic rings. The molecular formula is C11H12BrNO. The van der Waals surface area contributed by atoms with E-state index >= 15 is 0 Å². The third-order valence-electron chi connectivity index (χ3n) is 2.73. The summed E-state index contributed by atoms with van der Waals surface area (Å²) in [6, 6.07) is 5.81. The van der Waals surface area contributed by atoms with Gasteiger partial charge >= 0.3 is 0 Å². The van der Waals surface area contributed by atoms with Crippen LogP contribution in [0.25, 0.3) is 0 Å². The third kappa shape index (κ3) is 1.51. The molecule has 1 N–H and O–H groups in total. The maximum absolute atomic E-state index is 11.9. The van der Waals surface area contributed by atoms with Crippen LogP contribution in [0.15, 0.2) is 22.7 Å².